The second-order valence-electron chi connectivity index (χ2n) is 4.30. The van der Waals surface area contributed by atoms with Crippen molar-refractivity contribution in [3.63, 3.8) is 0 Å². The van der Waals surface area contributed by atoms with Crippen LogP contribution in [0.2, 0.25) is 0 Å². The van der Waals surface area contributed by atoms with Crippen LogP contribution in [0.1, 0.15) is 10.4 Å². The van der Waals surface area contributed by atoms with E-state index in [2.05, 4.69) is 33.8 Å². The van der Waals surface area contributed by atoms with Gasteiger partial charge >= 0.3 is 5.97 Å². The molecule has 1 amide bonds. The van der Waals surface area contributed by atoms with E-state index in [1.807, 2.05) is 0 Å². The van der Waals surface area contributed by atoms with Gasteiger partial charge in [0.2, 0.25) is 0 Å². The largest absolute Gasteiger partial charge is 0.483 e. The van der Waals surface area contributed by atoms with Gasteiger partial charge in [-0.3, -0.25) is 4.79 Å². The van der Waals surface area contributed by atoms with Crippen molar-refractivity contribution < 1.29 is 19.1 Å². The highest BCUT2D eigenvalue weighted by molar-refractivity contribution is 9.10. The van der Waals surface area contributed by atoms with Crippen LogP contribution in [-0.4, -0.2) is 43.6 Å². The quantitative estimate of drug-likeness (QED) is 0.523. The third kappa shape index (κ3) is 5.04. The number of benzene rings is 1. The molecule has 0 atom stereocenters. The van der Waals surface area contributed by atoms with Gasteiger partial charge in [0.25, 0.3) is 5.91 Å². The molecule has 0 saturated heterocycles. The summed E-state index contributed by atoms with van der Waals surface area (Å²) in [6, 6.07) is 4.76. The molecule has 1 aromatic carbocycles. The first-order valence-corrected chi connectivity index (χ1v) is 7.33. The highest BCUT2D eigenvalue weighted by Gasteiger charge is 2.13. The predicted molar refractivity (Wildman–Crippen MR) is 88.0 cm³/mol. The number of ether oxygens (including phenoxy) is 2. The van der Waals surface area contributed by atoms with E-state index in [0.717, 1.165) is 0 Å². The van der Waals surface area contributed by atoms with Gasteiger partial charge in [-0.05, 0) is 34.1 Å². The maximum atomic E-state index is 12.0. The van der Waals surface area contributed by atoms with Crippen molar-refractivity contribution in [1.82, 2.24) is 4.90 Å². The van der Waals surface area contributed by atoms with Gasteiger partial charge in [0.15, 0.2) is 6.61 Å². The predicted octanol–water partition coefficient (Wildman–Crippen LogP) is 2.82. The molecular weight excluding hydrogens is 350 g/mol. The second-order valence-corrected chi connectivity index (χ2v) is 5.16. The average molecular weight is 368 g/mol. The lowest BCUT2D eigenvalue weighted by molar-refractivity contribution is -0.132. The second kappa shape index (κ2) is 9.04. The highest BCUT2D eigenvalue weighted by atomic mass is 79.9. The van der Waals surface area contributed by atoms with Gasteiger partial charge in [-0.15, -0.1) is 13.2 Å². The summed E-state index contributed by atoms with van der Waals surface area (Å²) in [5.74, 6) is -0.145. The van der Waals surface area contributed by atoms with Crippen LogP contribution in [0.3, 0.4) is 0 Å². The molecule has 5 nitrogen and oxygen atoms in total. The highest BCUT2D eigenvalue weighted by Crippen LogP contribution is 2.26. The standard InChI is InChI=1S/C16H18BrNO4/c1-4-8-18(9-5-2)15(19)11-22-14-7-6-12(10-13(14)17)16(20)21-3/h4-7,10H,1-2,8-9,11H2,3H3. The molecule has 118 valence electrons. The smallest absolute Gasteiger partial charge is 0.337 e. The van der Waals surface area contributed by atoms with Crippen LogP contribution < -0.4 is 4.74 Å². The lowest BCUT2D eigenvalue weighted by Gasteiger charge is -2.19. The van der Waals surface area contributed by atoms with E-state index in [9.17, 15) is 9.59 Å². The minimum Gasteiger partial charge on any atom is -0.483 e. The number of methoxy groups -OCH3 is 1. The maximum absolute atomic E-state index is 12.0. The Morgan fingerprint density at radius 3 is 2.41 bits per heavy atom. The van der Waals surface area contributed by atoms with Gasteiger partial charge in [0, 0.05) is 13.1 Å². The van der Waals surface area contributed by atoms with Gasteiger partial charge in [-0.1, -0.05) is 12.2 Å². The van der Waals surface area contributed by atoms with Crippen molar-refractivity contribution in [2.24, 2.45) is 0 Å². The van der Waals surface area contributed by atoms with E-state index in [0.29, 0.717) is 28.9 Å². The molecule has 0 N–H and O–H groups in total. The van der Waals surface area contributed by atoms with Crippen LogP contribution in [0.4, 0.5) is 0 Å². The summed E-state index contributed by atoms with van der Waals surface area (Å²) in [6.07, 6.45) is 3.28. The van der Waals surface area contributed by atoms with E-state index in [1.54, 1.807) is 35.3 Å². The Morgan fingerprint density at radius 1 is 1.27 bits per heavy atom. The van der Waals surface area contributed by atoms with Crippen molar-refractivity contribution in [3.8, 4) is 5.75 Å². The van der Waals surface area contributed by atoms with E-state index in [-0.39, 0.29) is 12.5 Å². The van der Waals surface area contributed by atoms with E-state index in [1.165, 1.54) is 7.11 Å². The molecule has 1 rings (SSSR count). The number of halogens is 1. The number of esters is 1. The Kier molecular flexibility index (Phi) is 7.39. The molecule has 1 aromatic rings. The monoisotopic (exact) mass is 367 g/mol. The summed E-state index contributed by atoms with van der Waals surface area (Å²) in [6.45, 7) is 7.96. The Balaban J connectivity index is 2.71. The summed E-state index contributed by atoms with van der Waals surface area (Å²) >= 11 is 3.30. The first-order chi connectivity index (χ1) is 10.5. The molecule has 6 heteroatoms. The van der Waals surface area contributed by atoms with Crippen LogP contribution in [0.5, 0.6) is 5.75 Å². The zero-order valence-corrected chi connectivity index (χ0v) is 14.0. The van der Waals surface area contributed by atoms with Gasteiger partial charge in [0.1, 0.15) is 5.75 Å². The number of hydrogen-bond donors (Lipinski definition) is 0. The maximum Gasteiger partial charge on any atom is 0.337 e. The Bertz CT molecular complexity index is 561. The van der Waals surface area contributed by atoms with Crippen molar-refractivity contribution in [2.75, 3.05) is 26.8 Å². The summed E-state index contributed by atoms with van der Waals surface area (Å²) in [5, 5.41) is 0. The fourth-order valence-electron chi connectivity index (χ4n) is 1.68. The topological polar surface area (TPSA) is 55.8 Å². The lowest BCUT2D eigenvalue weighted by atomic mass is 10.2. The molecule has 0 spiro atoms. The molecular formula is C16H18BrNO4. The number of rotatable bonds is 8. The van der Waals surface area contributed by atoms with Crippen molar-refractivity contribution in [2.45, 2.75) is 0 Å². The van der Waals surface area contributed by atoms with Crippen molar-refractivity contribution in [1.29, 1.82) is 0 Å². The summed E-state index contributed by atoms with van der Waals surface area (Å²) in [4.78, 5) is 25.0. The molecule has 0 aliphatic heterocycles. The summed E-state index contributed by atoms with van der Waals surface area (Å²) < 4.78 is 10.7. The van der Waals surface area contributed by atoms with E-state index in [4.69, 9.17) is 4.74 Å². The SMILES string of the molecule is C=CCN(CC=C)C(=O)COc1ccc(C(=O)OC)cc1Br. The molecule has 0 aliphatic carbocycles. The fourth-order valence-corrected chi connectivity index (χ4v) is 2.18. The first-order valence-electron chi connectivity index (χ1n) is 6.53. The van der Waals surface area contributed by atoms with Gasteiger partial charge < -0.3 is 14.4 Å². The van der Waals surface area contributed by atoms with Crippen molar-refractivity contribution in [3.05, 3.63) is 53.5 Å². The zero-order valence-electron chi connectivity index (χ0n) is 12.4. The van der Waals surface area contributed by atoms with Crippen LogP contribution in [-0.2, 0) is 9.53 Å². The van der Waals surface area contributed by atoms with Gasteiger partial charge in [-0.25, -0.2) is 4.79 Å². The molecule has 0 heterocycles. The first kappa shape index (κ1) is 18.0. The Hall–Kier alpha value is -2.08. The molecule has 22 heavy (non-hydrogen) atoms. The number of amides is 1. The molecule has 0 radical (unpaired) electrons. The molecule has 0 bridgehead atoms. The lowest BCUT2D eigenvalue weighted by Crippen LogP contribution is -2.35. The Labute approximate surface area is 138 Å². The number of carbonyl (C=O) groups is 2. The summed E-state index contributed by atoms with van der Waals surface area (Å²) in [7, 11) is 1.31. The fraction of sp³-hybridized carbons (Fsp3) is 0.250. The van der Waals surface area contributed by atoms with Crippen LogP contribution in [0.25, 0.3) is 0 Å². The van der Waals surface area contributed by atoms with E-state index >= 15 is 0 Å². The normalized spacial score (nSPS) is 9.73. The summed E-state index contributed by atoms with van der Waals surface area (Å²) in [5.41, 5.74) is 0.396. The average Bonchev–Trinajstić information content (AvgIpc) is 2.52. The van der Waals surface area contributed by atoms with Gasteiger partial charge in [0.05, 0.1) is 17.1 Å². The molecule has 0 aliphatic rings. The number of nitrogens with zero attached hydrogens (tertiary/aromatic N) is 1. The van der Waals surface area contributed by atoms with Crippen LogP contribution in [0, 0.1) is 0 Å². The third-order valence-corrected chi connectivity index (χ3v) is 3.38. The van der Waals surface area contributed by atoms with Crippen LogP contribution >= 0.6 is 15.9 Å². The third-order valence-electron chi connectivity index (χ3n) is 2.76. The minimum atomic E-state index is -0.438. The molecule has 0 fully saturated rings. The van der Waals surface area contributed by atoms with Crippen LogP contribution in [0.15, 0.2) is 48.0 Å². The number of hydrogen-bond acceptors (Lipinski definition) is 4. The van der Waals surface area contributed by atoms with Gasteiger partial charge in [-0.2, -0.15) is 0 Å². The zero-order chi connectivity index (χ0) is 16.5. The molecule has 0 aromatic heterocycles. The molecule has 0 saturated carbocycles. The number of carbonyl (C=O) groups excluding carboxylic acids is 2. The minimum absolute atomic E-state index is 0.113. The Morgan fingerprint density at radius 2 is 1.91 bits per heavy atom. The van der Waals surface area contributed by atoms with E-state index < -0.39 is 5.97 Å². The molecule has 0 unspecified atom stereocenters. The van der Waals surface area contributed by atoms with Crippen molar-refractivity contribution >= 4 is 27.8 Å².